The van der Waals surface area contributed by atoms with Crippen LogP contribution in [0.3, 0.4) is 0 Å². The highest BCUT2D eigenvalue weighted by atomic mass is 16.5. The third-order valence-electron chi connectivity index (χ3n) is 3.50. The normalized spacial score (nSPS) is 17.6. The van der Waals surface area contributed by atoms with Crippen LogP contribution in [0.25, 0.3) is 0 Å². The molecule has 1 aliphatic rings. The lowest BCUT2D eigenvalue weighted by molar-refractivity contribution is -0.0382. The van der Waals surface area contributed by atoms with Crippen molar-refractivity contribution in [2.75, 3.05) is 26.9 Å². The van der Waals surface area contributed by atoms with Crippen molar-refractivity contribution in [3.63, 3.8) is 0 Å². The Labute approximate surface area is 103 Å². The van der Waals surface area contributed by atoms with Crippen molar-refractivity contribution in [3.05, 3.63) is 29.3 Å². The molecule has 3 heteroatoms. The van der Waals surface area contributed by atoms with Gasteiger partial charge < -0.3 is 15.2 Å². The van der Waals surface area contributed by atoms with Crippen LogP contribution < -0.4 is 10.5 Å². The van der Waals surface area contributed by atoms with Crippen molar-refractivity contribution in [3.8, 4) is 5.75 Å². The van der Waals surface area contributed by atoms with Gasteiger partial charge in [-0.15, -0.1) is 0 Å². The Kier molecular flexibility index (Phi) is 4.02. The third-order valence-corrected chi connectivity index (χ3v) is 3.50. The lowest BCUT2D eigenvalue weighted by Gasteiger charge is -2.29. The van der Waals surface area contributed by atoms with Crippen molar-refractivity contribution in [2.45, 2.75) is 19.3 Å². The number of methoxy groups -OCH3 is 1. The second-order valence-corrected chi connectivity index (χ2v) is 4.80. The quantitative estimate of drug-likeness (QED) is 0.850. The van der Waals surface area contributed by atoms with Crippen LogP contribution in [0.5, 0.6) is 5.75 Å². The molecule has 0 spiro atoms. The minimum atomic E-state index is 0.438. The van der Waals surface area contributed by atoms with Crippen LogP contribution in [-0.2, 0) is 4.74 Å². The zero-order chi connectivity index (χ0) is 12.3. The minimum absolute atomic E-state index is 0.438. The summed E-state index contributed by atoms with van der Waals surface area (Å²) in [5, 5.41) is 0. The first kappa shape index (κ1) is 12.4. The molecule has 2 rings (SSSR count). The molecule has 0 bridgehead atoms. The summed E-state index contributed by atoms with van der Waals surface area (Å²) in [6.07, 6.45) is 1.13. The molecule has 0 saturated carbocycles. The molecule has 1 atom stereocenters. The number of ether oxygens (including phenoxy) is 2. The summed E-state index contributed by atoms with van der Waals surface area (Å²) in [7, 11) is 1.70. The average Bonchev–Trinajstić information content (AvgIpc) is 2.28. The highest BCUT2D eigenvalue weighted by Crippen LogP contribution is 2.29. The van der Waals surface area contributed by atoms with E-state index in [2.05, 4.69) is 19.1 Å². The topological polar surface area (TPSA) is 44.5 Å². The van der Waals surface area contributed by atoms with E-state index in [0.29, 0.717) is 18.4 Å². The summed E-state index contributed by atoms with van der Waals surface area (Å²) < 4.78 is 10.5. The predicted molar refractivity (Wildman–Crippen MR) is 68.5 cm³/mol. The van der Waals surface area contributed by atoms with E-state index in [-0.39, 0.29) is 0 Å². The van der Waals surface area contributed by atoms with Gasteiger partial charge in [0.25, 0.3) is 0 Å². The van der Waals surface area contributed by atoms with Crippen molar-refractivity contribution in [2.24, 2.45) is 11.7 Å². The van der Waals surface area contributed by atoms with Gasteiger partial charge >= 0.3 is 0 Å². The van der Waals surface area contributed by atoms with E-state index < -0.39 is 0 Å². The van der Waals surface area contributed by atoms with Gasteiger partial charge in [0.2, 0.25) is 0 Å². The second-order valence-electron chi connectivity index (χ2n) is 4.80. The Morgan fingerprint density at radius 1 is 1.47 bits per heavy atom. The van der Waals surface area contributed by atoms with Crippen molar-refractivity contribution in [1.82, 2.24) is 0 Å². The summed E-state index contributed by atoms with van der Waals surface area (Å²) in [4.78, 5) is 0. The van der Waals surface area contributed by atoms with Crippen LogP contribution >= 0.6 is 0 Å². The molecule has 3 nitrogen and oxygen atoms in total. The molecule has 1 fully saturated rings. The van der Waals surface area contributed by atoms with Gasteiger partial charge in [-0.1, -0.05) is 12.1 Å². The fraction of sp³-hybridized carbons (Fsp3) is 0.571. The van der Waals surface area contributed by atoms with Crippen LogP contribution in [0.1, 0.15) is 23.5 Å². The molecule has 0 radical (unpaired) electrons. The Bertz CT molecular complexity index is 374. The van der Waals surface area contributed by atoms with Crippen LogP contribution in [0.2, 0.25) is 0 Å². The number of hydrogen-bond donors (Lipinski definition) is 1. The smallest absolute Gasteiger partial charge is 0.121 e. The summed E-state index contributed by atoms with van der Waals surface area (Å²) in [6, 6.07) is 6.35. The van der Waals surface area contributed by atoms with E-state index in [4.69, 9.17) is 15.2 Å². The van der Waals surface area contributed by atoms with Gasteiger partial charge in [0, 0.05) is 5.92 Å². The maximum Gasteiger partial charge on any atom is 0.121 e. The average molecular weight is 235 g/mol. The molecule has 2 N–H and O–H groups in total. The molecule has 94 valence electrons. The maximum absolute atomic E-state index is 5.88. The molecule has 1 saturated heterocycles. The van der Waals surface area contributed by atoms with Crippen LogP contribution in [0, 0.1) is 12.8 Å². The van der Waals surface area contributed by atoms with E-state index in [1.54, 1.807) is 7.11 Å². The first-order valence-corrected chi connectivity index (χ1v) is 6.17. The number of hydrogen-bond acceptors (Lipinski definition) is 3. The van der Waals surface area contributed by atoms with Gasteiger partial charge in [-0.05, 0) is 43.0 Å². The van der Waals surface area contributed by atoms with Crippen LogP contribution in [0.4, 0.5) is 0 Å². The fourth-order valence-electron chi connectivity index (χ4n) is 2.35. The molecule has 0 aromatic heterocycles. The van der Waals surface area contributed by atoms with E-state index in [1.165, 1.54) is 11.1 Å². The summed E-state index contributed by atoms with van der Waals surface area (Å²) in [6.45, 7) is 4.56. The highest BCUT2D eigenvalue weighted by Gasteiger charge is 2.23. The molecule has 0 aliphatic carbocycles. The molecule has 17 heavy (non-hydrogen) atoms. The van der Waals surface area contributed by atoms with Crippen molar-refractivity contribution >= 4 is 0 Å². The van der Waals surface area contributed by atoms with E-state index in [0.717, 1.165) is 25.4 Å². The summed E-state index contributed by atoms with van der Waals surface area (Å²) in [5.41, 5.74) is 8.37. The lowest BCUT2D eigenvalue weighted by Crippen LogP contribution is -2.30. The molecular weight excluding hydrogens is 214 g/mol. The van der Waals surface area contributed by atoms with E-state index in [1.807, 2.05) is 6.07 Å². The highest BCUT2D eigenvalue weighted by molar-refractivity contribution is 5.37. The lowest BCUT2D eigenvalue weighted by atomic mass is 9.87. The largest absolute Gasteiger partial charge is 0.496 e. The number of benzene rings is 1. The van der Waals surface area contributed by atoms with E-state index >= 15 is 0 Å². The molecule has 1 aliphatic heterocycles. The first-order valence-electron chi connectivity index (χ1n) is 6.17. The van der Waals surface area contributed by atoms with Gasteiger partial charge in [0.1, 0.15) is 5.75 Å². The number of aryl methyl sites for hydroxylation is 1. The van der Waals surface area contributed by atoms with Crippen LogP contribution in [-0.4, -0.2) is 26.9 Å². The Morgan fingerprint density at radius 2 is 2.24 bits per heavy atom. The molecule has 1 aromatic rings. The molecule has 1 heterocycles. The minimum Gasteiger partial charge on any atom is -0.496 e. The Morgan fingerprint density at radius 3 is 2.71 bits per heavy atom. The maximum atomic E-state index is 5.88. The molecule has 1 aromatic carbocycles. The molecule has 0 amide bonds. The molecule has 1 unspecified atom stereocenters. The monoisotopic (exact) mass is 235 g/mol. The second kappa shape index (κ2) is 5.52. The summed E-state index contributed by atoms with van der Waals surface area (Å²) in [5.74, 6) is 2.07. The van der Waals surface area contributed by atoms with Gasteiger partial charge in [0.05, 0.1) is 20.3 Å². The summed E-state index contributed by atoms with van der Waals surface area (Å²) >= 11 is 0. The first-order chi connectivity index (χ1) is 8.24. The van der Waals surface area contributed by atoms with Gasteiger partial charge in [-0.25, -0.2) is 0 Å². The van der Waals surface area contributed by atoms with Gasteiger partial charge in [-0.3, -0.25) is 0 Å². The number of nitrogens with two attached hydrogens (primary N) is 1. The Hall–Kier alpha value is -1.06. The van der Waals surface area contributed by atoms with Gasteiger partial charge in [-0.2, -0.15) is 0 Å². The third kappa shape index (κ3) is 2.79. The van der Waals surface area contributed by atoms with Crippen molar-refractivity contribution < 1.29 is 9.47 Å². The van der Waals surface area contributed by atoms with E-state index in [9.17, 15) is 0 Å². The predicted octanol–water partition coefficient (Wildman–Crippen LogP) is 2.08. The number of rotatable bonds is 5. The Balaban J connectivity index is 2.09. The van der Waals surface area contributed by atoms with Gasteiger partial charge in [0.15, 0.2) is 0 Å². The molecular formula is C14H21NO2. The standard InChI is InChI=1S/C14H21NO2/c1-10-5-12(3-4-14(10)16-2)13(7-15)6-11-8-17-9-11/h3-5,11,13H,6-9,15H2,1-2H3. The zero-order valence-corrected chi connectivity index (χ0v) is 10.6. The SMILES string of the molecule is COc1ccc(C(CN)CC2COC2)cc1C. The zero-order valence-electron chi connectivity index (χ0n) is 10.6. The van der Waals surface area contributed by atoms with Crippen LogP contribution in [0.15, 0.2) is 18.2 Å². The van der Waals surface area contributed by atoms with Crippen molar-refractivity contribution in [1.29, 1.82) is 0 Å². The fourth-order valence-corrected chi connectivity index (χ4v) is 2.35.